The van der Waals surface area contributed by atoms with Crippen molar-refractivity contribution in [3.63, 3.8) is 0 Å². The van der Waals surface area contributed by atoms with Crippen molar-refractivity contribution in [2.45, 2.75) is 32.9 Å². The zero-order chi connectivity index (χ0) is 15.8. The Morgan fingerprint density at radius 3 is 2.62 bits per heavy atom. The Kier molecular flexibility index (Phi) is 4.98. The lowest BCUT2D eigenvalue weighted by Crippen LogP contribution is -2.17. The Morgan fingerprint density at radius 1 is 1.04 bits per heavy atom. The highest BCUT2D eigenvalue weighted by atomic mass is 35.5. The molecule has 3 aromatic rings. The number of benzene rings is 2. The summed E-state index contributed by atoms with van der Waals surface area (Å²) in [6.45, 7) is 5.42. The molecule has 0 atom stereocenters. The Bertz CT molecular complexity index is 836. The van der Waals surface area contributed by atoms with Crippen LogP contribution >= 0.6 is 12.4 Å². The van der Waals surface area contributed by atoms with Gasteiger partial charge in [0.1, 0.15) is 0 Å². The molecule has 4 rings (SSSR count). The Hall–Kier alpha value is -1.77. The molecule has 126 valence electrons. The van der Waals surface area contributed by atoms with E-state index in [1.807, 2.05) is 0 Å². The molecular weight excluding hydrogens is 316 g/mol. The van der Waals surface area contributed by atoms with Gasteiger partial charge in [-0.3, -0.25) is 0 Å². The van der Waals surface area contributed by atoms with E-state index in [4.69, 9.17) is 0 Å². The first-order valence-corrected chi connectivity index (χ1v) is 8.55. The highest BCUT2D eigenvalue weighted by Crippen LogP contribution is 2.31. The number of hydrogen-bond acceptors (Lipinski definition) is 1. The van der Waals surface area contributed by atoms with Crippen LogP contribution in [0.3, 0.4) is 0 Å². The molecule has 0 fully saturated rings. The summed E-state index contributed by atoms with van der Waals surface area (Å²) in [5, 5.41) is 1.45. The molecule has 1 aliphatic rings. The summed E-state index contributed by atoms with van der Waals surface area (Å²) < 4.78 is 2.55. The molecule has 0 radical (unpaired) electrons. The standard InChI is InChI=1S/C21H24N2.ClH/c1-16-10-11-21-18(13-16)19-15-22(2)12-6-9-20(19)23(21)14-17-7-4-3-5-8-17;/h3-5,7-8,10-11,13H,6,9,12,14-15H2,1-2H3;1H. The lowest BCUT2D eigenvalue weighted by atomic mass is 10.1. The normalized spacial score (nSPS) is 14.9. The van der Waals surface area contributed by atoms with Crippen LogP contribution in [0.15, 0.2) is 48.5 Å². The van der Waals surface area contributed by atoms with Crippen LogP contribution in [-0.2, 0) is 19.5 Å². The molecule has 0 unspecified atom stereocenters. The van der Waals surface area contributed by atoms with Gasteiger partial charge in [-0.05, 0) is 56.6 Å². The van der Waals surface area contributed by atoms with Crippen molar-refractivity contribution < 1.29 is 0 Å². The molecule has 0 N–H and O–H groups in total. The molecule has 0 saturated carbocycles. The van der Waals surface area contributed by atoms with E-state index in [1.54, 1.807) is 11.3 Å². The molecule has 0 bridgehead atoms. The number of fused-ring (bicyclic) bond motifs is 3. The number of nitrogens with zero attached hydrogens (tertiary/aromatic N) is 2. The van der Waals surface area contributed by atoms with Crippen LogP contribution in [0.2, 0.25) is 0 Å². The fourth-order valence-electron chi connectivity index (χ4n) is 3.86. The third kappa shape index (κ3) is 3.09. The summed E-state index contributed by atoms with van der Waals surface area (Å²) in [5.41, 5.74) is 7.20. The largest absolute Gasteiger partial charge is 0.340 e. The Balaban J connectivity index is 0.00000169. The number of aryl methyl sites for hydroxylation is 1. The smallest absolute Gasteiger partial charge is 0.0489 e. The van der Waals surface area contributed by atoms with Gasteiger partial charge in [0.05, 0.1) is 0 Å². The van der Waals surface area contributed by atoms with Gasteiger partial charge in [0.15, 0.2) is 0 Å². The second-order valence-electron chi connectivity index (χ2n) is 6.86. The fraction of sp³-hybridized carbons (Fsp3) is 0.333. The van der Waals surface area contributed by atoms with Gasteiger partial charge >= 0.3 is 0 Å². The molecule has 0 saturated heterocycles. The third-order valence-electron chi connectivity index (χ3n) is 5.01. The first-order valence-electron chi connectivity index (χ1n) is 8.55. The van der Waals surface area contributed by atoms with Gasteiger partial charge in [-0.2, -0.15) is 0 Å². The number of rotatable bonds is 2. The van der Waals surface area contributed by atoms with Crippen molar-refractivity contribution in [3.8, 4) is 0 Å². The molecule has 0 amide bonds. The summed E-state index contributed by atoms with van der Waals surface area (Å²) >= 11 is 0. The van der Waals surface area contributed by atoms with Crippen LogP contribution in [0.1, 0.15) is 28.8 Å². The first-order chi connectivity index (χ1) is 11.2. The van der Waals surface area contributed by atoms with Crippen molar-refractivity contribution >= 4 is 23.3 Å². The van der Waals surface area contributed by atoms with Crippen molar-refractivity contribution in [2.75, 3.05) is 13.6 Å². The minimum atomic E-state index is 0. The van der Waals surface area contributed by atoms with Crippen molar-refractivity contribution in [3.05, 3.63) is 70.9 Å². The lowest BCUT2D eigenvalue weighted by Gasteiger charge is -2.12. The fourth-order valence-corrected chi connectivity index (χ4v) is 3.86. The zero-order valence-corrected chi connectivity index (χ0v) is 15.3. The molecule has 24 heavy (non-hydrogen) atoms. The molecule has 0 aliphatic carbocycles. The van der Waals surface area contributed by atoms with Gasteiger partial charge in [-0.15, -0.1) is 12.4 Å². The first kappa shape index (κ1) is 17.1. The van der Waals surface area contributed by atoms with E-state index >= 15 is 0 Å². The monoisotopic (exact) mass is 340 g/mol. The van der Waals surface area contributed by atoms with Gasteiger partial charge in [0.2, 0.25) is 0 Å². The molecular formula is C21H25ClN2. The predicted molar refractivity (Wildman–Crippen MR) is 104 cm³/mol. The highest BCUT2D eigenvalue weighted by molar-refractivity contribution is 5.86. The highest BCUT2D eigenvalue weighted by Gasteiger charge is 2.20. The minimum absolute atomic E-state index is 0. The van der Waals surface area contributed by atoms with Gasteiger partial charge in [-0.1, -0.05) is 42.0 Å². The second kappa shape index (κ2) is 7.00. The van der Waals surface area contributed by atoms with E-state index in [9.17, 15) is 0 Å². The summed E-state index contributed by atoms with van der Waals surface area (Å²) in [7, 11) is 2.24. The molecule has 2 heterocycles. The van der Waals surface area contributed by atoms with Crippen LogP contribution in [0.4, 0.5) is 0 Å². The second-order valence-corrected chi connectivity index (χ2v) is 6.86. The van der Waals surface area contributed by atoms with E-state index in [-0.39, 0.29) is 12.4 Å². The predicted octanol–water partition coefficient (Wildman–Crippen LogP) is 4.80. The summed E-state index contributed by atoms with van der Waals surface area (Å²) in [6.07, 6.45) is 2.42. The molecule has 2 nitrogen and oxygen atoms in total. The molecule has 1 aliphatic heterocycles. The molecule has 0 spiro atoms. The average molecular weight is 341 g/mol. The SMILES string of the molecule is Cc1ccc2c(c1)c1c(n2Cc2ccccc2)CCCN(C)C1.Cl. The third-order valence-corrected chi connectivity index (χ3v) is 5.01. The van der Waals surface area contributed by atoms with Crippen molar-refractivity contribution in [1.82, 2.24) is 9.47 Å². The number of hydrogen-bond donors (Lipinski definition) is 0. The molecule has 3 heteroatoms. The summed E-state index contributed by atoms with van der Waals surface area (Å²) in [4.78, 5) is 2.46. The van der Waals surface area contributed by atoms with E-state index in [2.05, 4.69) is 72.0 Å². The van der Waals surface area contributed by atoms with Crippen molar-refractivity contribution in [1.29, 1.82) is 0 Å². The maximum Gasteiger partial charge on any atom is 0.0489 e. The molecule has 2 aromatic carbocycles. The number of halogens is 1. The van der Waals surface area contributed by atoms with Crippen LogP contribution < -0.4 is 0 Å². The van der Waals surface area contributed by atoms with Gasteiger partial charge < -0.3 is 9.47 Å². The van der Waals surface area contributed by atoms with Crippen LogP contribution in [-0.4, -0.2) is 23.1 Å². The summed E-state index contributed by atoms with van der Waals surface area (Å²) in [5.74, 6) is 0. The van der Waals surface area contributed by atoms with E-state index in [1.165, 1.54) is 41.4 Å². The van der Waals surface area contributed by atoms with E-state index in [0.29, 0.717) is 0 Å². The number of aromatic nitrogens is 1. The zero-order valence-electron chi connectivity index (χ0n) is 14.5. The van der Waals surface area contributed by atoms with Gasteiger partial charge in [0, 0.05) is 29.7 Å². The Morgan fingerprint density at radius 2 is 1.83 bits per heavy atom. The molecule has 1 aromatic heterocycles. The lowest BCUT2D eigenvalue weighted by molar-refractivity contribution is 0.333. The average Bonchev–Trinajstić information content (AvgIpc) is 2.70. The van der Waals surface area contributed by atoms with Crippen LogP contribution in [0.25, 0.3) is 10.9 Å². The quantitative estimate of drug-likeness (QED) is 0.650. The maximum absolute atomic E-state index is 2.55. The minimum Gasteiger partial charge on any atom is -0.340 e. The van der Waals surface area contributed by atoms with Gasteiger partial charge in [-0.25, -0.2) is 0 Å². The van der Waals surface area contributed by atoms with Gasteiger partial charge in [0.25, 0.3) is 0 Å². The summed E-state index contributed by atoms with van der Waals surface area (Å²) in [6, 6.07) is 17.7. The van der Waals surface area contributed by atoms with Crippen molar-refractivity contribution in [2.24, 2.45) is 0 Å². The topological polar surface area (TPSA) is 8.17 Å². The van der Waals surface area contributed by atoms with E-state index < -0.39 is 0 Å². The Labute approximate surface area is 150 Å². The maximum atomic E-state index is 2.55. The van der Waals surface area contributed by atoms with E-state index in [0.717, 1.165) is 13.1 Å². The van der Waals surface area contributed by atoms with Crippen LogP contribution in [0, 0.1) is 6.92 Å². The van der Waals surface area contributed by atoms with Crippen LogP contribution in [0.5, 0.6) is 0 Å².